The van der Waals surface area contributed by atoms with Crippen LogP contribution in [0.2, 0.25) is 5.02 Å². The van der Waals surface area contributed by atoms with Crippen molar-refractivity contribution in [2.75, 3.05) is 0 Å². The van der Waals surface area contributed by atoms with Gasteiger partial charge in [0, 0.05) is 12.1 Å². The molecule has 0 radical (unpaired) electrons. The van der Waals surface area contributed by atoms with Gasteiger partial charge in [-0.3, -0.25) is 14.9 Å². The Bertz CT molecular complexity index is 888. The second-order valence-corrected chi connectivity index (χ2v) is 6.38. The zero-order valence-corrected chi connectivity index (χ0v) is 15.2. The molecule has 2 aromatic carbocycles. The van der Waals surface area contributed by atoms with E-state index in [1.165, 1.54) is 24.3 Å². The van der Waals surface area contributed by atoms with E-state index in [4.69, 9.17) is 16.3 Å². The summed E-state index contributed by atoms with van der Waals surface area (Å²) in [5.41, 5.74) is -0.303. The molecular weight excluding hydrogens is 379 g/mol. The summed E-state index contributed by atoms with van der Waals surface area (Å²) < 4.78 is 18.7. The van der Waals surface area contributed by atoms with E-state index in [-0.39, 0.29) is 27.9 Å². The Labute approximate surface area is 159 Å². The number of hydrogen-bond acceptors (Lipinski definition) is 5. The van der Waals surface area contributed by atoms with E-state index in [1.807, 2.05) is 0 Å². The van der Waals surface area contributed by atoms with Crippen LogP contribution in [-0.4, -0.2) is 22.8 Å². The van der Waals surface area contributed by atoms with Gasteiger partial charge in [0.1, 0.15) is 6.04 Å². The topological polar surface area (TPSA) is 98.5 Å². The van der Waals surface area contributed by atoms with Gasteiger partial charge in [-0.05, 0) is 24.1 Å². The lowest BCUT2D eigenvalue weighted by molar-refractivity contribution is -0.384. The molecule has 0 bridgehead atoms. The molecule has 2 aromatic rings. The number of carbonyl (C=O) groups excluding carboxylic acids is 2. The molecular formula is C18H16ClFN2O5. The fourth-order valence-electron chi connectivity index (χ4n) is 2.22. The number of esters is 1. The van der Waals surface area contributed by atoms with Crippen molar-refractivity contribution in [3.8, 4) is 5.75 Å². The number of amides is 1. The summed E-state index contributed by atoms with van der Waals surface area (Å²) in [5.74, 6) is -2.89. The van der Waals surface area contributed by atoms with Gasteiger partial charge in [0.15, 0.2) is 11.6 Å². The third-order valence-corrected chi connectivity index (χ3v) is 3.98. The van der Waals surface area contributed by atoms with Crippen LogP contribution >= 0.6 is 11.6 Å². The van der Waals surface area contributed by atoms with Crippen LogP contribution in [-0.2, 0) is 4.79 Å². The molecule has 1 unspecified atom stereocenters. The van der Waals surface area contributed by atoms with E-state index >= 15 is 0 Å². The Morgan fingerprint density at radius 3 is 2.44 bits per heavy atom. The molecule has 0 aliphatic carbocycles. The predicted octanol–water partition coefficient (Wildman–Crippen LogP) is 3.75. The van der Waals surface area contributed by atoms with E-state index in [0.717, 1.165) is 18.2 Å². The lowest BCUT2D eigenvalue weighted by Crippen LogP contribution is -2.46. The van der Waals surface area contributed by atoms with Crippen LogP contribution in [0, 0.1) is 21.8 Å². The molecule has 1 N–H and O–H groups in total. The minimum Gasteiger partial charge on any atom is -0.422 e. The number of nitro groups is 1. The average Bonchev–Trinajstić information content (AvgIpc) is 2.60. The first kappa shape index (κ1) is 20.3. The van der Waals surface area contributed by atoms with Crippen LogP contribution in [0.1, 0.15) is 24.2 Å². The number of para-hydroxylation sites is 1. The molecule has 0 saturated carbocycles. The standard InChI is InChI=1S/C18H16ClFN2O5/c1-10(2)16(18(24)27-15-6-4-3-5-14(15)20)21-17(23)12-8-7-11(22(25)26)9-13(12)19/h3-10,16H,1-2H3,(H,21,23). The van der Waals surface area contributed by atoms with Gasteiger partial charge in [0.05, 0.1) is 15.5 Å². The smallest absolute Gasteiger partial charge is 0.334 e. The highest BCUT2D eigenvalue weighted by atomic mass is 35.5. The zero-order valence-electron chi connectivity index (χ0n) is 14.4. The highest BCUT2D eigenvalue weighted by Gasteiger charge is 2.28. The molecule has 0 aromatic heterocycles. The van der Waals surface area contributed by atoms with Crippen molar-refractivity contribution < 1.29 is 23.6 Å². The monoisotopic (exact) mass is 394 g/mol. The number of rotatable bonds is 6. The third kappa shape index (κ3) is 5.01. The van der Waals surface area contributed by atoms with Gasteiger partial charge in [-0.2, -0.15) is 0 Å². The number of hydrogen-bond donors (Lipinski definition) is 1. The molecule has 9 heteroatoms. The molecule has 0 fully saturated rings. The summed E-state index contributed by atoms with van der Waals surface area (Å²) in [6, 6.07) is 7.66. The molecule has 27 heavy (non-hydrogen) atoms. The average molecular weight is 395 g/mol. The highest BCUT2D eigenvalue weighted by Crippen LogP contribution is 2.23. The van der Waals surface area contributed by atoms with E-state index in [0.29, 0.717) is 0 Å². The Hall–Kier alpha value is -3.00. The normalized spacial score (nSPS) is 11.7. The van der Waals surface area contributed by atoms with Gasteiger partial charge in [-0.25, -0.2) is 9.18 Å². The lowest BCUT2D eigenvalue weighted by Gasteiger charge is -2.21. The number of benzene rings is 2. The first-order valence-electron chi connectivity index (χ1n) is 7.91. The fourth-order valence-corrected chi connectivity index (χ4v) is 2.48. The van der Waals surface area contributed by atoms with Gasteiger partial charge >= 0.3 is 5.97 Å². The molecule has 2 rings (SSSR count). The summed E-state index contributed by atoms with van der Waals surface area (Å²) in [7, 11) is 0. The van der Waals surface area contributed by atoms with Crippen molar-refractivity contribution >= 4 is 29.2 Å². The summed E-state index contributed by atoms with van der Waals surface area (Å²) in [6.07, 6.45) is 0. The number of nitro benzene ring substituents is 1. The number of nitrogens with one attached hydrogen (secondary N) is 1. The SMILES string of the molecule is CC(C)C(NC(=O)c1ccc([N+](=O)[O-])cc1Cl)C(=O)Oc1ccccc1F. The van der Waals surface area contributed by atoms with E-state index < -0.39 is 28.7 Å². The van der Waals surface area contributed by atoms with Crippen molar-refractivity contribution in [2.45, 2.75) is 19.9 Å². The maximum atomic E-state index is 13.7. The summed E-state index contributed by atoms with van der Waals surface area (Å²) >= 11 is 5.93. The fraction of sp³-hybridized carbons (Fsp3) is 0.222. The number of carbonyl (C=O) groups is 2. The molecule has 0 saturated heterocycles. The Morgan fingerprint density at radius 2 is 1.89 bits per heavy atom. The minimum atomic E-state index is -1.08. The number of ether oxygens (including phenoxy) is 1. The maximum Gasteiger partial charge on any atom is 0.334 e. The molecule has 0 spiro atoms. The molecule has 7 nitrogen and oxygen atoms in total. The van der Waals surface area contributed by atoms with Crippen LogP contribution < -0.4 is 10.1 Å². The second-order valence-electron chi connectivity index (χ2n) is 5.97. The zero-order chi connectivity index (χ0) is 20.1. The molecule has 0 heterocycles. The van der Waals surface area contributed by atoms with Crippen molar-refractivity contribution in [2.24, 2.45) is 5.92 Å². The number of non-ortho nitro benzene ring substituents is 1. The number of halogens is 2. The van der Waals surface area contributed by atoms with Crippen molar-refractivity contribution in [3.05, 3.63) is 69.0 Å². The molecule has 142 valence electrons. The predicted molar refractivity (Wildman–Crippen MR) is 96.2 cm³/mol. The van der Waals surface area contributed by atoms with Gasteiger partial charge < -0.3 is 10.1 Å². The van der Waals surface area contributed by atoms with Gasteiger partial charge in [0.2, 0.25) is 0 Å². The summed E-state index contributed by atoms with van der Waals surface area (Å²) in [5, 5.41) is 13.1. The first-order chi connectivity index (χ1) is 12.7. The maximum absolute atomic E-state index is 13.7. The quantitative estimate of drug-likeness (QED) is 0.348. The molecule has 0 aliphatic heterocycles. The molecule has 1 amide bonds. The van der Waals surface area contributed by atoms with E-state index in [1.54, 1.807) is 13.8 Å². The van der Waals surface area contributed by atoms with Crippen LogP contribution in [0.15, 0.2) is 42.5 Å². The Kier molecular flexibility index (Phi) is 6.46. The van der Waals surface area contributed by atoms with Gasteiger partial charge in [-0.1, -0.05) is 37.6 Å². The van der Waals surface area contributed by atoms with Crippen molar-refractivity contribution in [3.63, 3.8) is 0 Å². The summed E-state index contributed by atoms with van der Waals surface area (Å²) in [6.45, 7) is 3.34. The highest BCUT2D eigenvalue weighted by molar-refractivity contribution is 6.34. The largest absolute Gasteiger partial charge is 0.422 e. The molecule has 0 aliphatic rings. The first-order valence-corrected chi connectivity index (χ1v) is 8.29. The van der Waals surface area contributed by atoms with Crippen molar-refractivity contribution in [1.29, 1.82) is 0 Å². The Balaban J connectivity index is 2.18. The third-order valence-electron chi connectivity index (χ3n) is 3.66. The van der Waals surface area contributed by atoms with Crippen LogP contribution in [0.5, 0.6) is 5.75 Å². The van der Waals surface area contributed by atoms with Crippen LogP contribution in [0.4, 0.5) is 10.1 Å². The minimum absolute atomic E-state index is 0.0355. The molecule has 1 atom stereocenters. The van der Waals surface area contributed by atoms with E-state index in [9.17, 15) is 24.1 Å². The second kappa shape index (κ2) is 8.59. The van der Waals surface area contributed by atoms with Crippen molar-refractivity contribution in [1.82, 2.24) is 5.32 Å². The van der Waals surface area contributed by atoms with Gasteiger partial charge in [0.25, 0.3) is 11.6 Å². The number of nitrogens with zero attached hydrogens (tertiary/aromatic N) is 1. The summed E-state index contributed by atoms with van der Waals surface area (Å²) in [4.78, 5) is 34.9. The van der Waals surface area contributed by atoms with Crippen LogP contribution in [0.3, 0.4) is 0 Å². The Morgan fingerprint density at radius 1 is 1.22 bits per heavy atom. The van der Waals surface area contributed by atoms with E-state index in [2.05, 4.69) is 5.32 Å². The van der Waals surface area contributed by atoms with Gasteiger partial charge in [-0.15, -0.1) is 0 Å². The van der Waals surface area contributed by atoms with Crippen LogP contribution in [0.25, 0.3) is 0 Å². The lowest BCUT2D eigenvalue weighted by atomic mass is 10.0.